The predicted molar refractivity (Wildman–Crippen MR) is 77.0 cm³/mol. The third-order valence-corrected chi connectivity index (χ3v) is 3.30. The molecule has 96 valence electrons. The molecule has 5 heteroatoms. The molecule has 0 atom stereocenters. The number of nitrogen functional groups attached to an aromatic ring is 1. The molecule has 4 nitrogen and oxygen atoms in total. The van der Waals surface area contributed by atoms with Gasteiger partial charge in [-0.05, 0) is 24.3 Å². The van der Waals surface area contributed by atoms with E-state index in [1.165, 1.54) is 0 Å². The Balaban J connectivity index is 2.30. The van der Waals surface area contributed by atoms with Gasteiger partial charge in [-0.15, -0.1) is 0 Å². The molecule has 3 rings (SSSR count). The molecule has 0 amide bonds. The minimum atomic E-state index is 0.399. The Kier molecular flexibility index (Phi) is 2.80. The van der Waals surface area contributed by atoms with Crippen molar-refractivity contribution in [1.82, 2.24) is 9.55 Å². The first-order valence-corrected chi connectivity index (χ1v) is 6.15. The van der Waals surface area contributed by atoms with Gasteiger partial charge < -0.3 is 10.5 Å². The molecule has 2 aromatic carbocycles. The van der Waals surface area contributed by atoms with Gasteiger partial charge in [0.15, 0.2) is 0 Å². The minimum Gasteiger partial charge on any atom is -0.497 e. The van der Waals surface area contributed by atoms with Crippen LogP contribution >= 0.6 is 11.6 Å². The van der Waals surface area contributed by atoms with Crippen molar-refractivity contribution >= 4 is 28.6 Å². The minimum absolute atomic E-state index is 0.399. The van der Waals surface area contributed by atoms with Crippen molar-refractivity contribution in [1.29, 1.82) is 0 Å². The van der Waals surface area contributed by atoms with Gasteiger partial charge >= 0.3 is 0 Å². The number of para-hydroxylation sites is 1. The number of imidazole rings is 1. The van der Waals surface area contributed by atoms with Gasteiger partial charge in [-0.1, -0.05) is 23.7 Å². The van der Waals surface area contributed by atoms with Crippen LogP contribution in [0.15, 0.2) is 42.5 Å². The Morgan fingerprint density at radius 1 is 1.21 bits per heavy atom. The van der Waals surface area contributed by atoms with Crippen molar-refractivity contribution in [3.8, 4) is 11.4 Å². The van der Waals surface area contributed by atoms with Gasteiger partial charge in [0.2, 0.25) is 5.95 Å². The lowest BCUT2D eigenvalue weighted by Gasteiger charge is -2.08. The van der Waals surface area contributed by atoms with Crippen LogP contribution in [0.4, 0.5) is 5.95 Å². The van der Waals surface area contributed by atoms with Gasteiger partial charge in [-0.3, -0.25) is 4.57 Å². The van der Waals surface area contributed by atoms with Crippen molar-refractivity contribution in [3.05, 3.63) is 47.5 Å². The lowest BCUT2D eigenvalue weighted by atomic mass is 10.2. The second-order valence-electron chi connectivity index (χ2n) is 4.11. The number of methoxy groups -OCH3 is 1. The summed E-state index contributed by atoms with van der Waals surface area (Å²) in [5.74, 6) is 1.15. The number of rotatable bonds is 2. The average Bonchev–Trinajstić information content (AvgIpc) is 2.74. The molecular weight excluding hydrogens is 262 g/mol. The van der Waals surface area contributed by atoms with E-state index in [0.29, 0.717) is 11.0 Å². The van der Waals surface area contributed by atoms with Crippen LogP contribution in [0.2, 0.25) is 5.02 Å². The summed E-state index contributed by atoms with van der Waals surface area (Å²) in [6.45, 7) is 0. The lowest BCUT2D eigenvalue weighted by Crippen LogP contribution is -2.00. The number of nitrogens with two attached hydrogens (primary N) is 1. The maximum Gasteiger partial charge on any atom is 0.205 e. The van der Waals surface area contributed by atoms with Crippen LogP contribution in [-0.2, 0) is 0 Å². The molecule has 3 aromatic rings. The molecule has 0 saturated carbocycles. The first-order chi connectivity index (χ1) is 9.20. The number of anilines is 1. The van der Waals surface area contributed by atoms with Crippen molar-refractivity contribution in [3.63, 3.8) is 0 Å². The monoisotopic (exact) mass is 273 g/mol. The van der Waals surface area contributed by atoms with E-state index in [1.807, 2.05) is 47.0 Å². The zero-order valence-corrected chi connectivity index (χ0v) is 11.1. The highest BCUT2D eigenvalue weighted by molar-refractivity contribution is 6.32. The lowest BCUT2D eigenvalue weighted by molar-refractivity contribution is 0.415. The third kappa shape index (κ3) is 1.90. The van der Waals surface area contributed by atoms with Crippen molar-refractivity contribution in [2.45, 2.75) is 0 Å². The smallest absolute Gasteiger partial charge is 0.205 e. The Labute approximate surface area is 115 Å². The van der Waals surface area contributed by atoms with Crippen LogP contribution in [0.3, 0.4) is 0 Å². The highest BCUT2D eigenvalue weighted by Gasteiger charge is 2.12. The Morgan fingerprint density at radius 2 is 2.00 bits per heavy atom. The Morgan fingerprint density at radius 3 is 2.74 bits per heavy atom. The fourth-order valence-electron chi connectivity index (χ4n) is 2.09. The van der Waals surface area contributed by atoms with Gasteiger partial charge in [0.05, 0.1) is 28.9 Å². The summed E-state index contributed by atoms with van der Waals surface area (Å²) in [4.78, 5) is 4.34. The first-order valence-electron chi connectivity index (χ1n) is 5.77. The largest absolute Gasteiger partial charge is 0.497 e. The molecule has 0 unspecified atom stereocenters. The van der Waals surface area contributed by atoms with Crippen LogP contribution in [0.1, 0.15) is 0 Å². The number of halogens is 1. The second-order valence-corrected chi connectivity index (χ2v) is 4.52. The fourth-order valence-corrected chi connectivity index (χ4v) is 2.31. The van der Waals surface area contributed by atoms with E-state index in [0.717, 1.165) is 22.5 Å². The molecule has 1 aromatic heterocycles. The number of ether oxygens (including phenoxy) is 1. The highest BCUT2D eigenvalue weighted by atomic mass is 35.5. The summed E-state index contributed by atoms with van der Waals surface area (Å²) in [5, 5.41) is 0.629. The van der Waals surface area contributed by atoms with Crippen LogP contribution in [0.5, 0.6) is 5.75 Å². The molecule has 0 radical (unpaired) electrons. The molecule has 1 heterocycles. The molecule has 0 fully saturated rings. The van der Waals surface area contributed by atoms with E-state index in [-0.39, 0.29) is 0 Å². The van der Waals surface area contributed by atoms with Crippen LogP contribution in [0, 0.1) is 0 Å². The standard InChI is InChI=1S/C14H12ClN3O/c1-19-9-6-7-13-11(8-9)17-14(16)18(13)12-5-3-2-4-10(12)15/h2-8H,1H3,(H2,16,17). The molecule has 2 N–H and O–H groups in total. The van der Waals surface area contributed by atoms with E-state index < -0.39 is 0 Å². The Bertz CT molecular complexity index is 752. The predicted octanol–water partition coefficient (Wildman–Crippen LogP) is 3.27. The van der Waals surface area contributed by atoms with Gasteiger partial charge in [0.25, 0.3) is 0 Å². The average molecular weight is 274 g/mol. The number of hydrogen-bond acceptors (Lipinski definition) is 3. The van der Waals surface area contributed by atoms with E-state index in [4.69, 9.17) is 22.1 Å². The molecule has 0 aliphatic rings. The normalized spacial score (nSPS) is 10.8. The summed E-state index contributed by atoms with van der Waals surface area (Å²) >= 11 is 6.22. The highest BCUT2D eigenvalue weighted by Crippen LogP contribution is 2.29. The topological polar surface area (TPSA) is 53.1 Å². The number of aromatic nitrogens is 2. The zero-order valence-electron chi connectivity index (χ0n) is 10.3. The Hall–Kier alpha value is -2.20. The van der Waals surface area contributed by atoms with E-state index in [1.54, 1.807) is 7.11 Å². The first kappa shape index (κ1) is 11.9. The number of nitrogens with zero attached hydrogens (tertiary/aromatic N) is 2. The van der Waals surface area contributed by atoms with Crippen molar-refractivity contribution in [2.24, 2.45) is 0 Å². The maximum absolute atomic E-state index is 6.22. The molecule has 19 heavy (non-hydrogen) atoms. The SMILES string of the molecule is COc1ccc2c(c1)nc(N)n2-c1ccccc1Cl. The van der Waals surface area contributed by atoms with E-state index >= 15 is 0 Å². The van der Waals surface area contributed by atoms with Crippen LogP contribution in [-0.4, -0.2) is 16.7 Å². The molecule has 0 spiro atoms. The fraction of sp³-hybridized carbons (Fsp3) is 0.0714. The molecule has 0 aliphatic heterocycles. The quantitative estimate of drug-likeness (QED) is 0.780. The third-order valence-electron chi connectivity index (χ3n) is 2.98. The molecule has 0 aliphatic carbocycles. The van der Waals surface area contributed by atoms with E-state index in [9.17, 15) is 0 Å². The van der Waals surface area contributed by atoms with Crippen LogP contribution in [0.25, 0.3) is 16.7 Å². The van der Waals surface area contributed by atoms with Crippen molar-refractivity contribution < 1.29 is 4.74 Å². The maximum atomic E-state index is 6.22. The number of benzene rings is 2. The number of fused-ring (bicyclic) bond motifs is 1. The molecule has 0 saturated heterocycles. The van der Waals surface area contributed by atoms with Gasteiger partial charge in [-0.2, -0.15) is 0 Å². The second kappa shape index (κ2) is 4.48. The zero-order chi connectivity index (χ0) is 13.4. The number of hydrogen-bond donors (Lipinski definition) is 1. The summed E-state index contributed by atoms with van der Waals surface area (Å²) in [5.41, 5.74) is 8.48. The van der Waals surface area contributed by atoms with Gasteiger partial charge in [0, 0.05) is 6.07 Å². The van der Waals surface area contributed by atoms with Crippen molar-refractivity contribution in [2.75, 3.05) is 12.8 Å². The summed E-state index contributed by atoms with van der Waals surface area (Å²) in [6.07, 6.45) is 0. The van der Waals surface area contributed by atoms with Crippen LogP contribution < -0.4 is 10.5 Å². The molecule has 0 bridgehead atoms. The summed E-state index contributed by atoms with van der Waals surface area (Å²) in [7, 11) is 1.62. The van der Waals surface area contributed by atoms with Gasteiger partial charge in [-0.25, -0.2) is 4.98 Å². The van der Waals surface area contributed by atoms with Gasteiger partial charge in [0.1, 0.15) is 5.75 Å². The van der Waals surface area contributed by atoms with E-state index in [2.05, 4.69) is 4.98 Å². The summed E-state index contributed by atoms with van der Waals surface area (Å²) in [6, 6.07) is 13.2. The summed E-state index contributed by atoms with van der Waals surface area (Å²) < 4.78 is 7.02. The molecular formula is C14H12ClN3O.